The fourth-order valence-corrected chi connectivity index (χ4v) is 2.62. The minimum Gasteiger partial charge on any atom is -0.250 e. The molecule has 5 heteroatoms. The van der Waals surface area contributed by atoms with Crippen molar-refractivity contribution < 1.29 is 0 Å². The van der Waals surface area contributed by atoms with Crippen LogP contribution in [0.4, 0.5) is 0 Å². The summed E-state index contributed by atoms with van der Waals surface area (Å²) in [6.07, 6.45) is 3.66. The van der Waals surface area contributed by atoms with Crippen molar-refractivity contribution in [2.75, 3.05) is 5.75 Å². The van der Waals surface area contributed by atoms with Crippen molar-refractivity contribution in [2.45, 2.75) is 29.1 Å². The summed E-state index contributed by atoms with van der Waals surface area (Å²) in [6.45, 7) is 4.12. The second kappa shape index (κ2) is 6.02. The second-order valence-electron chi connectivity index (χ2n) is 3.34. The van der Waals surface area contributed by atoms with Crippen LogP contribution in [0.3, 0.4) is 0 Å². The van der Waals surface area contributed by atoms with Gasteiger partial charge in [-0.1, -0.05) is 24.8 Å². The summed E-state index contributed by atoms with van der Waals surface area (Å²) < 4.78 is 0. The average Bonchev–Trinajstić information content (AvgIpc) is 2.35. The molecule has 0 bridgehead atoms. The predicted molar refractivity (Wildman–Crippen MR) is 71.5 cm³/mol. The van der Waals surface area contributed by atoms with Crippen LogP contribution in [-0.2, 0) is 0 Å². The van der Waals surface area contributed by atoms with Crippen molar-refractivity contribution >= 4 is 23.5 Å². The standard InChI is InChI=1S/C12H13N3S2/c1-3-16-12-14-8-9(2)11(15-12)17-10-6-4-5-7-13-10/h4-8H,3H2,1-2H3. The van der Waals surface area contributed by atoms with E-state index in [1.807, 2.05) is 31.3 Å². The van der Waals surface area contributed by atoms with Gasteiger partial charge in [-0.15, -0.1) is 0 Å². The summed E-state index contributed by atoms with van der Waals surface area (Å²) in [6, 6.07) is 5.88. The Morgan fingerprint density at radius 3 is 2.82 bits per heavy atom. The van der Waals surface area contributed by atoms with Crippen molar-refractivity contribution in [1.29, 1.82) is 0 Å². The minimum atomic E-state index is 0.830. The Hall–Kier alpha value is -1.07. The molecule has 0 aliphatic heterocycles. The van der Waals surface area contributed by atoms with E-state index >= 15 is 0 Å². The van der Waals surface area contributed by atoms with E-state index in [1.165, 1.54) is 0 Å². The van der Waals surface area contributed by atoms with Gasteiger partial charge in [-0.05, 0) is 36.6 Å². The smallest absolute Gasteiger partial charge is 0.188 e. The molecule has 0 atom stereocenters. The Labute approximate surface area is 109 Å². The van der Waals surface area contributed by atoms with Crippen LogP contribution in [0, 0.1) is 6.92 Å². The van der Waals surface area contributed by atoms with Gasteiger partial charge in [0.1, 0.15) is 10.1 Å². The van der Waals surface area contributed by atoms with Gasteiger partial charge in [0.2, 0.25) is 0 Å². The molecule has 2 heterocycles. The van der Waals surface area contributed by atoms with Gasteiger partial charge in [-0.25, -0.2) is 15.0 Å². The molecular formula is C12H13N3S2. The summed E-state index contributed by atoms with van der Waals surface area (Å²) in [5, 5.41) is 2.77. The third kappa shape index (κ3) is 3.44. The van der Waals surface area contributed by atoms with E-state index in [4.69, 9.17) is 0 Å². The highest BCUT2D eigenvalue weighted by molar-refractivity contribution is 7.99. The Bertz CT molecular complexity index is 488. The summed E-state index contributed by atoms with van der Waals surface area (Å²) in [7, 11) is 0. The Morgan fingerprint density at radius 2 is 2.12 bits per heavy atom. The predicted octanol–water partition coefficient (Wildman–Crippen LogP) is 3.44. The number of rotatable bonds is 4. The van der Waals surface area contributed by atoms with Crippen molar-refractivity contribution in [3.8, 4) is 0 Å². The van der Waals surface area contributed by atoms with Crippen LogP contribution < -0.4 is 0 Å². The minimum absolute atomic E-state index is 0.830. The zero-order valence-electron chi connectivity index (χ0n) is 9.75. The monoisotopic (exact) mass is 263 g/mol. The summed E-state index contributed by atoms with van der Waals surface area (Å²) in [5.74, 6) is 0.983. The lowest BCUT2D eigenvalue weighted by molar-refractivity contribution is 0.867. The summed E-state index contributed by atoms with van der Waals surface area (Å²) in [4.78, 5) is 13.1. The van der Waals surface area contributed by atoms with Crippen LogP contribution in [0.15, 0.2) is 45.8 Å². The van der Waals surface area contributed by atoms with Crippen molar-refractivity contribution in [3.05, 3.63) is 36.2 Å². The lowest BCUT2D eigenvalue weighted by Gasteiger charge is -2.05. The van der Waals surface area contributed by atoms with Crippen LogP contribution in [0.5, 0.6) is 0 Å². The molecule has 0 saturated heterocycles. The largest absolute Gasteiger partial charge is 0.250 e. The first-order valence-electron chi connectivity index (χ1n) is 5.35. The van der Waals surface area contributed by atoms with Crippen LogP contribution >= 0.6 is 23.5 Å². The molecule has 2 aromatic rings. The van der Waals surface area contributed by atoms with Gasteiger partial charge < -0.3 is 0 Å². The van der Waals surface area contributed by atoms with E-state index in [-0.39, 0.29) is 0 Å². The number of aryl methyl sites for hydroxylation is 1. The molecule has 3 nitrogen and oxygen atoms in total. The molecule has 0 unspecified atom stereocenters. The Morgan fingerprint density at radius 1 is 1.24 bits per heavy atom. The quantitative estimate of drug-likeness (QED) is 0.480. The van der Waals surface area contributed by atoms with E-state index in [2.05, 4.69) is 21.9 Å². The van der Waals surface area contributed by atoms with Crippen LogP contribution in [-0.4, -0.2) is 20.7 Å². The zero-order valence-corrected chi connectivity index (χ0v) is 11.4. The van der Waals surface area contributed by atoms with Crippen molar-refractivity contribution in [1.82, 2.24) is 15.0 Å². The highest BCUT2D eigenvalue weighted by Crippen LogP contribution is 2.27. The van der Waals surface area contributed by atoms with E-state index < -0.39 is 0 Å². The number of thioether (sulfide) groups is 1. The first-order chi connectivity index (χ1) is 8.29. The van der Waals surface area contributed by atoms with Crippen molar-refractivity contribution in [3.63, 3.8) is 0 Å². The first kappa shape index (κ1) is 12.4. The van der Waals surface area contributed by atoms with Crippen molar-refractivity contribution in [2.24, 2.45) is 0 Å². The number of hydrogen-bond acceptors (Lipinski definition) is 5. The molecule has 17 heavy (non-hydrogen) atoms. The van der Waals surface area contributed by atoms with Crippen LogP contribution in [0.2, 0.25) is 0 Å². The first-order valence-corrected chi connectivity index (χ1v) is 7.15. The highest BCUT2D eigenvalue weighted by Gasteiger charge is 2.06. The van der Waals surface area contributed by atoms with Crippen LogP contribution in [0.1, 0.15) is 12.5 Å². The lowest BCUT2D eigenvalue weighted by Crippen LogP contribution is -1.93. The Kier molecular flexibility index (Phi) is 4.39. The molecular weight excluding hydrogens is 250 g/mol. The molecule has 0 amide bonds. The maximum atomic E-state index is 4.53. The number of pyridine rings is 1. The average molecular weight is 263 g/mol. The lowest BCUT2D eigenvalue weighted by atomic mass is 10.4. The van der Waals surface area contributed by atoms with Gasteiger partial charge in [-0.3, -0.25) is 0 Å². The van der Waals surface area contributed by atoms with E-state index in [0.717, 1.165) is 26.5 Å². The summed E-state index contributed by atoms with van der Waals surface area (Å²) in [5.41, 5.74) is 1.08. The van der Waals surface area contributed by atoms with E-state index in [9.17, 15) is 0 Å². The fourth-order valence-electron chi connectivity index (χ4n) is 1.22. The van der Waals surface area contributed by atoms with E-state index in [0.29, 0.717) is 0 Å². The molecule has 2 rings (SSSR count). The molecule has 0 saturated carbocycles. The van der Waals surface area contributed by atoms with Crippen LogP contribution in [0.25, 0.3) is 0 Å². The molecule has 0 aliphatic carbocycles. The Balaban J connectivity index is 2.22. The molecule has 0 N–H and O–H groups in total. The van der Waals surface area contributed by atoms with E-state index in [1.54, 1.807) is 29.7 Å². The fraction of sp³-hybridized carbons (Fsp3) is 0.250. The van der Waals surface area contributed by atoms with Gasteiger partial charge in [-0.2, -0.15) is 0 Å². The maximum Gasteiger partial charge on any atom is 0.188 e. The van der Waals surface area contributed by atoms with Gasteiger partial charge in [0.15, 0.2) is 5.16 Å². The number of nitrogens with zero attached hydrogens (tertiary/aromatic N) is 3. The molecule has 0 radical (unpaired) electrons. The topological polar surface area (TPSA) is 38.7 Å². The second-order valence-corrected chi connectivity index (χ2v) is 5.58. The van der Waals surface area contributed by atoms with Gasteiger partial charge in [0, 0.05) is 18.0 Å². The third-order valence-corrected chi connectivity index (χ3v) is 3.82. The van der Waals surface area contributed by atoms with Gasteiger partial charge in [0.25, 0.3) is 0 Å². The van der Waals surface area contributed by atoms with Gasteiger partial charge in [0.05, 0.1) is 0 Å². The molecule has 0 aromatic carbocycles. The molecule has 0 aliphatic rings. The third-order valence-electron chi connectivity index (χ3n) is 2.02. The molecule has 0 spiro atoms. The zero-order chi connectivity index (χ0) is 12.1. The number of aromatic nitrogens is 3. The summed E-state index contributed by atoms with van der Waals surface area (Å²) >= 11 is 3.23. The molecule has 88 valence electrons. The normalized spacial score (nSPS) is 10.5. The van der Waals surface area contributed by atoms with Gasteiger partial charge >= 0.3 is 0 Å². The number of hydrogen-bond donors (Lipinski definition) is 0. The maximum absolute atomic E-state index is 4.53. The molecule has 2 aromatic heterocycles. The highest BCUT2D eigenvalue weighted by atomic mass is 32.2. The molecule has 0 fully saturated rings. The SMILES string of the molecule is CCSc1ncc(C)c(Sc2ccccn2)n1.